The average Bonchev–Trinajstić information content (AvgIpc) is 2.30. The molecule has 0 heterocycles. The van der Waals surface area contributed by atoms with Crippen LogP contribution < -0.4 is 5.32 Å². The molecule has 1 aromatic rings. The number of nitrogens with one attached hydrogen (secondary N) is 1. The topological polar surface area (TPSA) is 12.0 Å². The van der Waals surface area contributed by atoms with E-state index in [1.165, 1.54) is 11.6 Å². The normalized spacial score (nSPS) is 26.6. The molecule has 0 radical (unpaired) electrons. The Labute approximate surface area is 103 Å². The van der Waals surface area contributed by atoms with Crippen LogP contribution in [0.1, 0.15) is 44.6 Å². The van der Waals surface area contributed by atoms with Crippen molar-refractivity contribution in [3.05, 3.63) is 35.6 Å². The minimum atomic E-state index is -0.114. The van der Waals surface area contributed by atoms with Crippen LogP contribution in [-0.4, -0.2) is 13.1 Å². The van der Waals surface area contributed by atoms with E-state index < -0.39 is 0 Å². The molecule has 1 aliphatic carbocycles. The van der Waals surface area contributed by atoms with Gasteiger partial charge in [0.1, 0.15) is 5.82 Å². The Balaban J connectivity index is 2.28. The molecule has 2 rings (SSSR count). The standard InChI is InChI=1S/C15H22FN/c1-4-15(5-2)13(10-14(15)17-3)11-7-6-8-12(16)9-11/h6-9,13-14,17H,4-5,10H2,1-3H3. The molecule has 0 aliphatic heterocycles. The van der Waals surface area contributed by atoms with Crippen LogP contribution in [0.15, 0.2) is 24.3 Å². The number of benzene rings is 1. The second kappa shape index (κ2) is 4.77. The van der Waals surface area contributed by atoms with Crippen molar-refractivity contribution in [2.45, 2.75) is 45.1 Å². The first-order valence-corrected chi connectivity index (χ1v) is 6.60. The fourth-order valence-corrected chi connectivity index (χ4v) is 3.62. The maximum atomic E-state index is 13.3. The van der Waals surface area contributed by atoms with Crippen molar-refractivity contribution in [1.82, 2.24) is 5.32 Å². The first-order chi connectivity index (χ1) is 8.17. The van der Waals surface area contributed by atoms with Gasteiger partial charge in [0.2, 0.25) is 0 Å². The lowest BCUT2D eigenvalue weighted by molar-refractivity contribution is 0.0244. The summed E-state index contributed by atoms with van der Waals surface area (Å²) < 4.78 is 13.3. The maximum absolute atomic E-state index is 13.3. The van der Waals surface area contributed by atoms with E-state index in [4.69, 9.17) is 0 Å². The predicted octanol–water partition coefficient (Wildman–Crippen LogP) is 3.71. The minimum Gasteiger partial charge on any atom is -0.316 e. The Kier molecular flexibility index (Phi) is 3.53. The van der Waals surface area contributed by atoms with E-state index in [1.54, 1.807) is 6.07 Å². The van der Waals surface area contributed by atoms with Gasteiger partial charge < -0.3 is 5.32 Å². The van der Waals surface area contributed by atoms with Crippen molar-refractivity contribution in [2.75, 3.05) is 7.05 Å². The highest BCUT2D eigenvalue weighted by Crippen LogP contribution is 2.57. The van der Waals surface area contributed by atoms with Crippen LogP contribution in [0.3, 0.4) is 0 Å². The zero-order valence-corrected chi connectivity index (χ0v) is 11.0. The van der Waals surface area contributed by atoms with E-state index in [-0.39, 0.29) is 5.82 Å². The smallest absolute Gasteiger partial charge is 0.123 e. The minimum absolute atomic E-state index is 0.114. The van der Waals surface area contributed by atoms with Gasteiger partial charge >= 0.3 is 0 Å². The van der Waals surface area contributed by atoms with Crippen molar-refractivity contribution in [3.8, 4) is 0 Å². The van der Waals surface area contributed by atoms with Gasteiger partial charge in [-0.25, -0.2) is 4.39 Å². The Morgan fingerprint density at radius 2 is 2.06 bits per heavy atom. The van der Waals surface area contributed by atoms with Crippen molar-refractivity contribution < 1.29 is 4.39 Å². The summed E-state index contributed by atoms with van der Waals surface area (Å²) in [6.45, 7) is 4.50. The molecule has 2 heteroatoms. The van der Waals surface area contributed by atoms with Crippen LogP contribution in [0.5, 0.6) is 0 Å². The average molecular weight is 235 g/mol. The molecule has 94 valence electrons. The largest absolute Gasteiger partial charge is 0.316 e. The van der Waals surface area contributed by atoms with Crippen molar-refractivity contribution in [2.24, 2.45) is 5.41 Å². The van der Waals surface area contributed by atoms with Gasteiger partial charge in [0.25, 0.3) is 0 Å². The summed E-state index contributed by atoms with van der Waals surface area (Å²) in [5.74, 6) is 0.391. The highest BCUT2D eigenvalue weighted by molar-refractivity contribution is 5.29. The summed E-state index contributed by atoms with van der Waals surface area (Å²) in [6.07, 6.45) is 3.42. The third-order valence-electron chi connectivity index (χ3n) is 4.78. The molecule has 1 aliphatic rings. The van der Waals surface area contributed by atoms with Gasteiger partial charge in [-0.05, 0) is 55.3 Å². The van der Waals surface area contributed by atoms with Crippen LogP contribution in [0.4, 0.5) is 4.39 Å². The van der Waals surface area contributed by atoms with Gasteiger partial charge in [-0.3, -0.25) is 0 Å². The quantitative estimate of drug-likeness (QED) is 0.839. The molecular weight excluding hydrogens is 213 g/mol. The lowest BCUT2D eigenvalue weighted by Crippen LogP contribution is -2.57. The van der Waals surface area contributed by atoms with E-state index in [0.29, 0.717) is 17.4 Å². The van der Waals surface area contributed by atoms with Crippen molar-refractivity contribution in [3.63, 3.8) is 0 Å². The first kappa shape index (κ1) is 12.6. The number of hydrogen-bond donors (Lipinski definition) is 1. The van der Waals surface area contributed by atoms with Crippen LogP contribution in [0.2, 0.25) is 0 Å². The van der Waals surface area contributed by atoms with Crippen LogP contribution in [-0.2, 0) is 0 Å². The highest BCUT2D eigenvalue weighted by atomic mass is 19.1. The van der Waals surface area contributed by atoms with E-state index in [1.807, 2.05) is 13.1 Å². The molecule has 0 saturated heterocycles. The number of rotatable bonds is 4. The van der Waals surface area contributed by atoms with E-state index in [9.17, 15) is 4.39 Å². The fraction of sp³-hybridized carbons (Fsp3) is 0.600. The molecule has 17 heavy (non-hydrogen) atoms. The van der Waals surface area contributed by atoms with Gasteiger partial charge in [0.05, 0.1) is 0 Å². The molecule has 2 unspecified atom stereocenters. The van der Waals surface area contributed by atoms with Gasteiger partial charge in [-0.2, -0.15) is 0 Å². The molecule has 2 atom stereocenters. The lowest BCUT2D eigenvalue weighted by Gasteiger charge is -2.56. The van der Waals surface area contributed by atoms with Gasteiger partial charge in [-0.15, -0.1) is 0 Å². The van der Waals surface area contributed by atoms with Gasteiger partial charge in [0, 0.05) is 6.04 Å². The summed E-state index contributed by atoms with van der Waals surface area (Å²) in [5.41, 5.74) is 1.47. The third-order valence-corrected chi connectivity index (χ3v) is 4.78. The highest BCUT2D eigenvalue weighted by Gasteiger charge is 2.52. The zero-order valence-electron chi connectivity index (χ0n) is 11.0. The molecule has 1 fully saturated rings. The summed E-state index contributed by atoms with van der Waals surface area (Å²) >= 11 is 0. The van der Waals surface area contributed by atoms with E-state index in [0.717, 1.165) is 19.3 Å². The molecule has 1 N–H and O–H groups in total. The van der Waals surface area contributed by atoms with E-state index >= 15 is 0 Å². The zero-order chi connectivity index (χ0) is 12.5. The summed E-state index contributed by atoms with van der Waals surface area (Å²) in [6, 6.07) is 7.70. The van der Waals surface area contributed by atoms with Crippen LogP contribution in [0.25, 0.3) is 0 Å². The molecular formula is C15H22FN. The SMILES string of the molecule is CCC1(CC)C(NC)CC1c1cccc(F)c1. The molecule has 1 aromatic carbocycles. The number of halogens is 1. The fourth-order valence-electron chi connectivity index (χ4n) is 3.62. The summed E-state index contributed by atoms with van der Waals surface area (Å²) in [4.78, 5) is 0. The van der Waals surface area contributed by atoms with Gasteiger partial charge in [0.15, 0.2) is 0 Å². The van der Waals surface area contributed by atoms with Crippen LogP contribution in [0, 0.1) is 11.2 Å². The number of hydrogen-bond acceptors (Lipinski definition) is 1. The molecule has 0 spiro atoms. The Morgan fingerprint density at radius 3 is 2.59 bits per heavy atom. The lowest BCUT2D eigenvalue weighted by atomic mass is 9.52. The van der Waals surface area contributed by atoms with Crippen LogP contribution >= 0.6 is 0 Å². The second-order valence-corrected chi connectivity index (χ2v) is 5.12. The Bertz CT molecular complexity index is 384. The molecule has 1 saturated carbocycles. The van der Waals surface area contributed by atoms with E-state index in [2.05, 4.69) is 25.2 Å². The second-order valence-electron chi connectivity index (χ2n) is 5.12. The molecule has 1 nitrogen and oxygen atoms in total. The molecule has 0 aromatic heterocycles. The van der Waals surface area contributed by atoms with Crippen molar-refractivity contribution >= 4 is 0 Å². The summed E-state index contributed by atoms with van der Waals surface area (Å²) in [5, 5.41) is 3.41. The van der Waals surface area contributed by atoms with Crippen molar-refractivity contribution in [1.29, 1.82) is 0 Å². The Morgan fingerprint density at radius 1 is 1.35 bits per heavy atom. The monoisotopic (exact) mass is 235 g/mol. The molecule has 0 bridgehead atoms. The third kappa shape index (κ3) is 1.89. The predicted molar refractivity (Wildman–Crippen MR) is 69.6 cm³/mol. The first-order valence-electron chi connectivity index (χ1n) is 6.60. The van der Waals surface area contributed by atoms with Gasteiger partial charge in [-0.1, -0.05) is 26.0 Å². The summed E-state index contributed by atoms with van der Waals surface area (Å²) in [7, 11) is 2.03. The molecule has 0 amide bonds. The maximum Gasteiger partial charge on any atom is 0.123 e. The Hall–Kier alpha value is -0.890.